The number of anilines is 2. The molecule has 1 aromatic heterocycles. The summed E-state index contributed by atoms with van der Waals surface area (Å²) in [6.07, 6.45) is 2.70. The first-order valence-electron chi connectivity index (χ1n) is 5.66. The molecule has 4 heteroatoms. The molecule has 0 unspecified atom stereocenters. The van der Waals surface area contributed by atoms with E-state index in [2.05, 4.69) is 15.3 Å². The minimum Gasteiger partial charge on any atom is -0.376 e. The molecule has 0 bridgehead atoms. The van der Waals surface area contributed by atoms with Crippen LogP contribution >= 0.6 is 0 Å². The maximum Gasteiger partial charge on any atom is 0.227 e. The lowest BCUT2D eigenvalue weighted by atomic mass is 10.1. The third-order valence-electron chi connectivity index (χ3n) is 2.72. The van der Waals surface area contributed by atoms with Crippen molar-refractivity contribution in [2.24, 2.45) is 0 Å². The summed E-state index contributed by atoms with van der Waals surface area (Å²) in [4.78, 5) is 8.79. The molecule has 2 aromatic rings. The van der Waals surface area contributed by atoms with E-state index in [9.17, 15) is 0 Å². The van der Waals surface area contributed by atoms with Crippen molar-refractivity contribution in [3.05, 3.63) is 47.8 Å². The molecule has 0 atom stereocenters. The van der Waals surface area contributed by atoms with E-state index < -0.39 is 0 Å². The first kappa shape index (κ1) is 10.2. The van der Waals surface area contributed by atoms with Crippen LogP contribution in [0.1, 0.15) is 11.3 Å². The Hall–Kier alpha value is -1.94. The molecule has 0 amide bonds. The second kappa shape index (κ2) is 4.51. The van der Waals surface area contributed by atoms with Crippen molar-refractivity contribution in [1.82, 2.24) is 9.97 Å². The van der Waals surface area contributed by atoms with Crippen molar-refractivity contribution in [2.45, 2.75) is 13.0 Å². The second-order valence-corrected chi connectivity index (χ2v) is 3.96. The van der Waals surface area contributed by atoms with Crippen molar-refractivity contribution in [2.75, 3.05) is 11.9 Å². The lowest BCUT2D eigenvalue weighted by Gasteiger charge is -2.15. The molecule has 17 heavy (non-hydrogen) atoms. The van der Waals surface area contributed by atoms with E-state index in [0.717, 1.165) is 30.0 Å². The van der Waals surface area contributed by atoms with Crippen molar-refractivity contribution in [3.8, 4) is 0 Å². The summed E-state index contributed by atoms with van der Waals surface area (Å²) in [5.74, 6) is 0.650. The number of hydrogen-bond acceptors (Lipinski definition) is 4. The van der Waals surface area contributed by atoms with Gasteiger partial charge < -0.3 is 10.1 Å². The first-order chi connectivity index (χ1) is 8.42. The Morgan fingerprint density at radius 2 is 2.06 bits per heavy atom. The van der Waals surface area contributed by atoms with E-state index in [1.54, 1.807) is 0 Å². The Kier molecular flexibility index (Phi) is 2.71. The summed E-state index contributed by atoms with van der Waals surface area (Å²) in [6.45, 7) is 1.37. The SMILES string of the molecule is c1ccc(Nc2ncc3c(n2)CCOC3)cc1. The van der Waals surface area contributed by atoms with Crippen molar-refractivity contribution in [3.63, 3.8) is 0 Å². The van der Waals surface area contributed by atoms with Gasteiger partial charge in [0.2, 0.25) is 5.95 Å². The van der Waals surface area contributed by atoms with E-state index in [1.165, 1.54) is 0 Å². The van der Waals surface area contributed by atoms with E-state index in [0.29, 0.717) is 12.6 Å². The Morgan fingerprint density at radius 1 is 1.18 bits per heavy atom. The van der Waals surface area contributed by atoms with Gasteiger partial charge in [0.1, 0.15) is 0 Å². The van der Waals surface area contributed by atoms with Gasteiger partial charge in [-0.15, -0.1) is 0 Å². The highest BCUT2D eigenvalue weighted by atomic mass is 16.5. The van der Waals surface area contributed by atoms with Crippen LogP contribution in [0.5, 0.6) is 0 Å². The highest BCUT2D eigenvalue weighted by Gasteiger charge is 2.12. The Bertz CT molecular complexity index is 513. The molecule has 0 spiro atoms. The van der Waals surface area contributed by atoms with Crippen LogP contribution in [0.25, 0.3) is 0 Å². The lowest BCUT2D eigenvalue weighted by molar-refractivity contribution is 0.109. The van der Waals surface area contributed by atoms with E-state index in [1.807, 2.05) is 36.5 Å². The van der Waals surface area contributed by atoms with Crippen LogP contribution in [0, 0.1) is 0 Å². The van der Waals surface area contributed by atoms with E-state index >= 15 is 0 Å². The van der Waals surface area contributed by atoms with Gasteiger partial charge >= 0.3 is 0 Å². The standard InChI is InChI=1S/C13H13N3O/c1-2-4-11(5-3-1)15-13-14-8-10-9-17-7-6-12(10)16-13/h1-5,8H,6-7,9H2,(H,14,15,16). The van der Waals surface area contributed by atoms with Crippen molar-refractivity contribution >= 4 is 11.6 Å². The Labute approximate surface area is 99.7 Å². The first-order valence-corrected chi connectivity index (χ1v) is 5.66. The van der Waals surface area contributed by atoms with Crippen LogP contribution in [-0.4, -0.2) is 16.6 Å². The molecule has 0 radical (unpaired) electrons. The zero-order valence-electron chi connectivity index (χ0n) is 9.39. The van der Waals surface area contributed by atoms with Crippen LogP contribution in [0.4, 0.5) is 11.6 Å². The number of aromatic nitrogens is 2. The van der Waals surface area contributed by atoms with Gasteiger partial charge in [-0.3, -0.25) is 0 Å². The topological polar surface area (TPSA) is 47.0 Å². The largest absolute Gasteiger partial charge is 0.376 e. The fourth-order valence-corrected chi connectivity index (χ4v) is 1.84. The minimum atomic E-state index is 0.626. The molecule has 1 aliphatic heterocycles. The van der Waals surface area contributed by atoms with Gasteiger partial charge in [-0.05, 0) is 12.1 Å². The molecule has 3 rings (SSSR count). The number of nitrogens with one attached hydrogen (secondary N) is 1. The average molecular weight is 227 g/mol. The molecule has 0 aliphatic carbocycles. The van der Waals surface area contributed by atoms with E-state index in [4.69, 9.17) is 4.74 Å². The summed E-state index contributed by atoms with van der Waals surface area (Å²) in [6, 6.07) is 9.93. The molecule has 2 heterocycles. The molecule has 0 saturated carbocycles. The van der Waals surface area contributed by atoms with Crippen molar-refractivity contribution in [1.29, 1.82) is 0 Å². The van der Waals surface area contributed by atoms with Gasteiger partial charge in [0.15, 0.2) is 0 Å². The summed E-state index contributed by atoms with van der Waals surface area (Å²) < 4.78 is 5.35. The average Bonchev–Trinajstić information content (AvgIpc) is 2.40. The minimum absolute atomic E-state index is 0.626. The predicted molar refractivity (Wildman–Crippen MR) is 65.1 cm³/mol. The number of hydrogen-bond donors (Lipinski definition) is 1. The number of rotatable bonds is 2. The maximum atomic E-state index is 5.35. The van der Waals surface area contributed by atoms with E-state index in [-0.39, 0.29) is 0 Å². The normalized spacial score (nSPS) is 14.1. The summed E-state index contributed by atoms with van der Waals surface area (Å²) in [7, 11) is 0. The fraction of sp³-hybridized carbons (Fsp3) is 0.231. The third kappa shape index (κ3) is 2.26. The maximum absolute atomic E-state index is 5.35. The van der Waals surface area contributed by atoms with Gasteiger partial charge in [-0.2, -0.15) is 0 Å². The van der Waals surface area contributed by atoms with Crippen LogP contribution < -0.4 is 5.32 Å². The number of para-hydroxylation sites is 1. The molecule has 0 saturated heterocycles. The fourth-order valence-electron chi connectivity index (χ4n) is 1.84. The van der Waals surface area contributed by atoms with Gasteiger partial charge in [0, 0.05) is 23.9 Å². The predicted octanol–water partition coefficient (Wildman–Crippen LogP) is 2.29. The summed E-state index contributed by atoms with van der Waals surface area (Å²) in [5.41, 5.74) is 3.18. The number of ether oxygens (including phenoxy) is 1. The second-order valence-electron chi connectivity index (χ2n) is 3.96. The monoisotopic (exact) mass is 227 g/mol. The van der Waals surface area contributed by atoms with Crippen LogP contribution in [0.2, 0.25) is 0 Å². The zero-order valence-corrected chi connectivity index (χ0v) is 9.39. The van der Waals surface area contributed by atoms with Gasteiger partial charge in [-0.1, -0.05) is 18.2 Å². The summed E-state index contributed by atoms with van der Waals surface area (Å²) in [5, 5.41) is 3.19. The number of nitrogens with zero attached hydrogens (tertiary/aromatic N) is 2. The van der Waals surface area contributed by atoms with Gasteiger partial charge in [0.25, 0.3) is 0 Å². The molecule has 1 N–H and O–H groups in total. The number of fused-ring (bicyclic) bond motifs is 1. The smallest absolute Gasteiger partial charge is 0.227 e. The Morgan fingerprint density at radius 3 is 2.94 bits per heavy atom. The van der Waals surface area contributed by atoms with Crippen molar-refractivity contribution < 1.29 is 4.74 Å². The molecule has 1 aromatic carbocycles. The molecule has 1 aliphatic rings. The lowest BCUT2D eigenvalue weighted by Crippen LogP contribution is -2.13. The molecular formula is C13H13N3O. The summed E-state index contributed by atoms with van der Waals surface area (Å²) >= 11 is 0. The number of benzene rings is 1. The third-order valence-corrected chi connectivity index (χ3v) is 2.72. The highest BCUT2D eigenvalue weighted by molar-refractivity contribution is 5.52. The van der Waals surface area contributed by atoms with Crippen LogP contribution in [0.3, 0.4) is 0 Å². The van der Waals surface area contributed by atoms with Gasteiger partial charge in [-0.25, -0.2) is 9.97 Å². The van der Waals surface area contributed by atoms with Crippen LogP contribution in [-0.2, 0) is 17.8 Å². The quantitative estimate of drug-likeness (QED) is 0.855. The zero-order chi connectivity index (χ0) is 11.5. The molecule has 4 nitrogen and oxygen atoms in total. The Balaban J connectivity index is 1.84. The molecule has 0 fully saturated rings. The molecular weight excluding hydrogens is 214 g/mol. The van der Waals surface area contributed by atoms with Crippen LogP contribution in [0.15, 0.2) is 36.5 Å². The molecule has 86 valence electrons. The van der Waals surface area contributed by atoms with Gasteiger partial charge in [0.05, 0.1) is 18.9 Å². The highest BCUT2D eigenvalue weighted by Crippen LogP contribution is 2.17.